The van der Waals surface area contributed by atoms with Crippen molar-refractivity contribution in [3.63, 3.8) is 0 Å². The lowest BCUT2D eigenvalue weighted by atomic mass is 10.2. The molecule has 0 bridgehead atoms. The Morgan fingerprint density at radius 3 is 2.46 bits per heavy atom. The first-order valence-corrected chi connectivity index (χ1v) is 4.63. The Labute approximate surface area is 79.6 Å². The molecule has 0 saturated heterocycles. The Kier molecular flexibility index (Phi) is 3.77. The van der Waals surface area contributed by atoms with Crippen LogP contribution in [0.5, 0.6) is 0 Å². The van der Waals surface area contributed by atoms with Crippen molar-refractivity contribution >= 4 is 5.69 Å². The number of rotatable bonds is 4. The van der Waals surface area contributed by atoms with Gasteiger partial charge in [0.05, 0.1) is 0 Å². The average molecular weight is 179 g/mol. The number of hydrogen-bond acceptors (Lipinski definition) is 2. The summed E-state index contributed by atoms with van der Waals surface area (Å²) in [5.41, 5.74) is 2.38. The molecule has 0 heterocycles. The maximum atomic E-state index is 8.82. The van der Waals surface area contributed by atoms with E-state index in [2.05, 4.69) is 36.5 Å². The van der Waals surface area contributed by atoms with Crippen LogP contribution in [-0.2, 0) is 0 Å². The SMILES string of the molecule is Cc1ccc(NCC(C)CO)cc1. The van der Waals surface area contributed by atoms with Gasteiger partial charge in [0.25, 0.3) is 0 Å². The fourth-order valence-electron chi connectivity index (χ4n) is 1.03. The minimum Gasteiger partial charge on any atom is -0.396 e. The maximum absolute atomic E-state index is 8.82. The highest BCUT2D eigenvalue weighted by atomic mass is 16.3. The van der Waals surface area contributed by atoms with Crippen LogP contribution >= 0.6 is 0 Å². The van der Waals surface area contributed by atoms with Gasteiger partial charge >= 0.3 is 0 Å². The van der Waals surface area contributed by atoms with Crippen LogP contribution in [0.2, 0.25) is 0 Å². The van der Waals surface area contributed by atoms with Gasteiger partial charge in [0.15, 0.2) is 0 Å². The third-order valence-corrected chi connectivity index (χ3v) is 2.02. The van der Waals surface area contributed by atoms with E-state index < -0.39 is 0 Å². The van der Waals surface area contributed by atoms with E-state index in [4.69, 9.17) is 5.11 Å². The zero-order chi connectivity index (χ0) is 9.68. The molecule has 2 N–H and O–H groups in total. The summed E-state index contributed by atoms with van der Waals surface area (Å²) in [4.78, 5) is 0. The molecule has 0 aliphatic rings. The first-order chi connectivity index (χ1) is 6.22. The van der Waals surface area contributed by atoms with Crippen LogP contribution in [0.4, 0.5) is 5.69 Å². The Hall–Kier alpha value is -1.02. The van der Waals surface area contributed by atoms with Gasteiger partial charge < -0.3 is 10.4 Å². The van der Waals surface area contributed by atoms with E-state index in [-0.39, 0.29) is 6.61 Å². The quantitative estimate of drug-likeness (QED) is 0.741. The van der Waals surface area contributed by atoms with E-state index in [1.165, 1.54) is 5.56 Å². The molecule has 1 atom stereocenters. The van der Waals surface area contributed by atoms with E-state index in [1.54, 1.807) is 0 Å². The molecule has 1 aromatic carbocycles. The van der Waals surface area contributed by atoms with Crippen molar-refractivity contribution in [2.45, 2.75) is 13.8 Å². The molecular weight excluding hydrogens is 162 g/mol. The Balaban J connectivity index is 2.41. The molecule has 0 saturated carbocycles. The smallest absolute Gasteiger partial charge is 0.0473 e. The number of aliphatic hydroxyl groups excluding tert-OH is 1. The molecular formula is C11H17NO. The van der Waals surface area contributed by atoms with Gasteiger partial charge in [-0.15, -0.1) is 0 Å². The van der Waals surface area contributed by atoms with E-state index >= 15 is 0 Å². The minimum atomic E-state index is 0.235. The molecule has 2 nitrogen and oxygen atoms in total. The zero-order valence-electron chi connectivity index (χ0n) is 8.25. The van der Waals surface area contributed by atoms with Crippen molar-refractivity contribution < 1.29 is 5.11 Å². The third kappa shape index (κ3) is 3.47. The summed E-state index contributed by atoms with van der Waals surface area (Å²) in [5, 5.41) is 12.1. The van der Waals surface area contributed by atoms with Gasteiger partial charge in [-0.3, -0.25) is 0 Å². The summed E-state index contributed by atoms with van der Waals surface area (Å²) >= 11 is 0. The monoisotopic (exact) mass is 179 g/mol. The lowest BCUT2D eigenvalue weighted by Gasteiger charge is -2.10. The predicted molar refractivity (Wildman–Crippen MR) is 55.9 cm³/mol. The largest absolute Gasteiger partial charge is 0.396 e. The molecule has 0 spiro atoms. The minimum absolute atomic E-state index is 0.235. The molecule has 1 unspecified atom stereocenters. The number of benzene rings is 1. The summed E-state index contributed by atoms with van der Waals surface area (Å²) < 4.78 is 0. The summed E-state index contributed by atoms with van der Waals surface area (Å²) in [5.74, 6) is 0.307. The molecule has 0 aliphatic carbocycles. The summed E-state index contributed by atoms with van der Waals surface area (Å²) in [6.45, 7) is 5.14. The summed E-state index contributed by atoms with van der Waals surface area (Å²) in [6, 6.07) is 8.26. The highest BCUT2D eigenvalue weighted by Crippen LogP contribution is 2.08. The van der Waals surface area contributed by atoms with E-state index in [9.17, 15) is 0 Å². The Bertz CT molecular complexity index is 243. The normalized spacial score (nSPS) is 12.5. The first kappa shape index (κ1) is 10.1. The van der Waals surface area contributed by atoms with Crippen LogP contribution in [0.1, 0.15) is 12.5 Å². The molecule has 2 heteroatoms. The fourth-order valence-corrected chi connectivity index (χ4v) is 1.03. The Morgan fingerprint density at radius 2 is 1.92 bits per heavy atom. The number of nitrogens with one attached hydrogen (secondary N) is 1. The van der Waals surface area contributed by atoms with Gasteiger partial charge in [0, 0.05) is 18.8 Å². The van der Waals surface area contributed by atoms with Crippen LogP contribution < -0.4 is 5.32 Å². The fraction of sp³-hybridized carbons (Fsp3) is 0.455. The Morgan fingerprint density at radius 1 is 1.31 bits per heavy atom. The van der Waals surface area contributed by atoms with Crippen molar-refractivity contribution in [3.05, 3.63) is 29.8 Å². The van der Waals surface area contributed by atoms with Gasteiger partial charge in [-0.05, 0) is 25.0 Å². The van der Waals surface area contributed by atoms with Crippen molar-refractivity contribution in [2.24, 2.45) is 5.92 Å². The van der Waals surface area contributed by atoms with Crippen LogP contribution in [0.3, 0.4) is 0 Å². The van der Waals surface area contributed by atoms with E-state index in [0.717, 1.165) is 12.2 Å². The molecule has 0 fully saturated rings. The van der Waals surface area contributed by atoms with Crippen molar-refractivity contribution in [2.75, 3.05) is 18.5 Å². The second kappa shape index (κ2) is 4.87. The molecule has 72 valence electrons. The second-order valence-electron chi connectivity index (χ2n) is 3.53. The standard InChI is InChI=1S/C11H17NO/c1-9-3-5-11(6-4-9)12-7-10(2)8-13/h3-6,10,12-13H,7-8H2,1-2H3. The van der Waals surface area contributed by atoms with Gasteiger partial charge in [-0.2, -0.15) is 0 Å². The lowest BCUT2D eigenvalue weighted by Crippen LogP contribution is -2.14. The third-order valence-electron chi connectivity index (χ3n) is 2.02. The molecule has 1 aromatic rings. The molecule has 13 heavy (non-hydrogen) atoms. The number of aliphatic hydroxyl groups is 1. The van der Waals surface area contributed by atoms with Gasteiger partial charge in [0.2, 0.25) is 0 Å². The van der Waals surface area contributed by atoms with Crippen LogP contribution in [0.15, 0.2) is 24.3 Å². The topological polar surface area (TPSA) is 32.3 Å². The maximum Gasteiger partial charge on any atom is 0.0473 e. The van der Waals surface area contributed by atoms with E-state index in [1.807, 2.05) is 6.92 Å². The molecule has 0 radical (unpaired) electrons. The van der Waals surface area contributed by atoms with Gasteiger partial charge in [0.1, 0.15) is 0 Å². The molecule has 0 aromatic heterocycles. The number of anilines is 1. The highest BCUT2D eigenvalue weighted by Gasteiger charge is 1.98. The summed E-state index contributed by atoms with van der Waals surface area (Å²) in [7, 11) is 0. The number of aryl methyl sites for hydroxylation is 1. The zero-order valence-corrected chi connectivity index (χ0v) is 8.25. The average Bonchev–Trinajstić information content (AvgIpc) is 2.16. The van der Waals surface area contributed by atoms with Crippen LogP contribution in [-0.4, -0.2) is 18.3 Å². The first-order valence-electron chi connectivity index (χ1n) is 4.63. The number of hydrogen-bond donors (Lipinski definition) is 2. The van der Waals surface area contributed by atoms with Crippen molar-refractivity contribution in [3.8, 4) is 0 Å². The van der Waals surface area contributed by atoms with Gasteiger partial charge in [-0.1, -0.05) is 24.6 Å². The van der Waals surface area contributed by atoms with Crippen molar-refractivity contribution in [1.82, 2.24) is 0 Å². The molecule has 1 rings (SSSR count). The van der Waals surface area contributed by atoms with E-state index in [0.29, 0.717) is 5.92 Å². The van der Waals surface area contributed by atoms with Crippen LogP contribution in [0.25, 0.3) is 0 Å². The highest BCUT2D eigenvalue weighted by molar-refractivity contribution is 5.44. The summed E-state index contributed by atoms with van der Waals surface area (Å²) in [6.07, 6.45) is 0. The second-order valence-corrected chi connectivity index (χ2v) is 3.53. The van der Waals surface area contributed by atoms with Gasteiger partial charge in [-0.25, -0.2) is 0 Å². The molecule has 0 amide bonds. The predicted octanol–water partition coefficient (Wildman–Crippen LogP) is 2.04. The lowest BCUT2D eigenvalue weighted by molar-refractivity contribution is 0.244. The molecule has 0 aliphatic heterocycles. The van der Waals surface area contributed by atoms with Crippen LogP contribution in [0, 0.1) is 12.8 Å². The van der Waals surface area contributed by atoms with Crippen molar-refractivity contribution in [1.29, 1.82) is 0 Å².